The molecule has 7 nitrogen and oxygen atoms in total. The van der Waals surface area contributed by atoms with Gasteiger partial charge in [-0.1, -0.05) is 13.8 Å². The molecule has 4 unspecified atom stereocenters. The molecular weight excluding hydrogens is 445 g/mol. The number of aliphatic imine (C=N–C) groups is 1. The molecule has 1 saturated heterocycles. The van der Waals surface area contributed by atoms with E-state index in [9.17, 15) is 5.11 Å². The number of aromatic nitrogens is 2. The molecule has 148 valence electrons. The van der Waals surface area contributed by atoms with Crippen molar-refractivity contribution in [1.29, 1.82) is 0 Å². The van der Waals surface area contributed by atoms with E-state index in [-0.39, 0.29) is 29.4 Å². The first kappa shape index (κ1) is 21.4. The van der Waals surface area contributed by atoms with Crippen LogP contribution in [-0.2, 0) is 17.4 Å². The summed E-state index contributed by atoms with van der Waals surface area (Å²) in [5.74, 6) is 1.24. The van der Waals surface area contributed by atoms with E-state index in [4.69, 9.17) is 4.74 Å². The van der Waals surface area contributed by atoms with Crippen LogP contribution in [0.4, 0.5) is 0 Å². The number of guanidine groups is 1. The summed E-state index contributed by atoms with van der Waals surface area (Å²) in [6, 6.07) is 0.326. The van der Waals surface area contributed by atoms with Crippen LogP contribution in [0.25, 0.3) is 0 Å². The molecule has 1 saturated carbocycles. The number of hydrogen-bond donors (Lipinski definition) is 3. The van der Waals surface area contributed by atoms with Gasteiger partial charge in [0.25, 0.3) is 0 Å². The number of halogens is 1. The van der Waals surface area contributed by atoms with Crippen molar-refractivity contribution in [2.75, 3.05) is 20.2 Å². The fourth-order valence-corrected chi connectivity index (χ4v) is 4.21. The maximum Gasteiger partial charge on any atom is 0.191 e. The van der Waals surface area contributed by atoms with Crippen LogP contribution in [0.2, 0.25) is 0 Å². The second-order valence-electron chi connectivity index (χ2n) is 8.14. The number of aryl methyl sites for hydroxylation is 1. The van der Waals surface area contributed by atoms with Gasteiger partial charge in [-0.2, -0.15) is 5.10 Å². The van der Waals surface area contributed by atoms with E-state index in [2.05, 4.69) is 34.6 Å². The quantitative estimate of drug-likeness (QED) is 0.349. The molecule has 0 bridgehead atoms. The molecule has 0 spiro atoms. The Balaban J connectivity index is 0.00000243. The molecule has 2 aliphatic rings. The summed E-state index contributed by atoms with van der Waals surface area (Å²) in [6.45, 7) is 7.50. The standard InChI is InChI=1S/C18H31N5O2.HI/c1-17(2)14(13-7-6-8-25-15(13)17)22-16(19-4)20-11-18(3,24)12-9-21-23(5)10-12;/h9-10,13-15,24H,6-8,11H2,1-5H3,(H2,19,20,22);1H. The lowest BCUT2D eigenvalue weighted by molar-refractivity contribution is -0.188. The zero-order valence-corrected chi connectivity index (χ0v) is 18.7. The van der Waals surface area contributed by atoms with Gasteiger partial charge in [0.15, 0.2) is 5.96 Å². The minimum Gasteiger partial charge on any atom is -0.383 e. The Bertz CT molecular complexity index is 643. The van der Waals surface area contributed by atoms with Crippen LogP contribution in [0.5, 0.6) is 0 Å². The molecule has 3 N–H and O–H groups in total. The third-order valence-electron chi connectivity index (χ3n) is 5.77. The molecule has 1 aliphatic heterocycles. The molecule has 0 aromatic carbocycles. The molecule has 1 aromatic rings. The van der Waals surface area contributed by atoms with Crippen LogP contribution in [0.1, 0.15) is 39.2 Å². The van der Waals surface area contributed by atoms with Gasteiger partial charge >= 0.3 is 0 Å². The monoisotopic (exact) mass is 477 g/mol. The zero-order valence-electron chi connectivity index (χ0n) is 16.3. The predicted molar refractivity (Wildman–Crippen MR) is 113 cm³/mol. The average molecular weight is 477 g/mol. The topological polar surface area (TPSA) is 83.7 Å². The average Bonchev–Trinajstić information content (AvgIpc) is 3.02. The molecule has 2 heterocycles. The molecule has 8 heteroatoms. The van der Waals surface area contributed by atoms with Gasteiger partial charge < -0.3 is 20.5 Å². The van der Waals surface area contributed by atoms with Crippen molar-refractivity contribution in [2.45, 2.75) is 51.4 Å². The lowest BCUT2D eigenvalue weighted by Crippen LogP contribution is -2.71. The summed E-state index contributed by atoms with van der Waals surface area (Å²) in [5, 5.41) is 21.7. The van der Waals surface area contributed by atoms with Crippen molar-refractivity contribution in [3.63, 3.8) is 0 Å². The predicted octanol–water partition coefficient (Wildman–Crippen LogP) is 1.61. The van der Waals surface area contributed by atoms with Crippen molar-refractivity contribution >= 4 is 29.9 Å². The summed E-state index contributed by atoms with van der Waals surface area (Å²) >= 11 is 0. The minimum absolute atomic E-state index is 0. The van der Waals surface area contributed by atoms with E-state index >= 15 is 0 Å². The number of ether oxygens (including phenoxy) is 1. The van der Waals surface area contributed by atoms with Gasteiger partial charge in [0.2, 0.25) is 0 Å². The third kappa shape index (κ3) is 4.01. The van der Waals surface area contributed by atoms with Gasteiger partial charge in [-0.25, -0.2) is 0 Å². The van der Waals surface area contributed by atoms with Crippen LogP contribution in [0.3, 0.4) is 0 Å². The molecule has 1 aromatic heterocycles. The van der Waals surface area contributed by atoms with Gasteiger partial charge in [0.05, 0.1) is 18.8 Å². The Morgan fingerprint density at radius 2 is 2.27 bits per heavy atom. The number of nitrogens with one attached hydrogen (secondary N) is 2. The molecule has 26 heavy (non-hydrogen) atoms. The maximum atomic E-state index is 10.7. The van der Waals surface area contributed by atoms with Gasteiger partial charge in [0, 0.05) is 49.8 Å². The number of rotatable bonds is 4. The van der Waals surface area contributed by atoms with Crippen LogP contribution in [0, 0.1) is 11.3 Å². The first-order valence-electron chi connectivity index (χ1n) is 9.06. The van der Waals surface area contributed by atoms with Crippen LogP contribution >= 0.6 is 24.0 Å². The Morgan fingerprint density at radius 1 is 1.54 bits per heavy atom. The van der Waals surface area contributed by atoms with Gasteiger partial charge in [0.1, 0.15) is 5.60 Å². The fraction of sp³-hybridized carbons (Fsp3) is 0.778. The summed E-state index contributed by atoms with van der Waals surface area (Å²) in [4.78, 5) is 4.34. The lowest BCUT2D eigenvalue weighted by atomic mass is 9.55. The molecule has 0 radical (unpaired) electrons. The number of nitrogens with zero attached hydrogens (tertiary/aromatic N) is 3. The normalized spacial score (nSPS) is 29.6. The summed E-state index contributed by atoms with van der Waals surface area (Å²) in [6.07, 6.45) is 6.16. The van der Waals surface area contributed by atoms with E-state index < -0.39 is 5.60 Å². The Kier molecular flexibility index (Phi) is 6.61. The maximum absolute atomic E-state index is 10.7. The second kappa shape index (κ2) is 8.02. The first-order chi connectivity index (χ1) is 11.8. The Labute approximate surface area is 173 Å². The number of hydrogen-bond acceptors (Lipinski definition) is 4. The van der Waals surface area contributed by atoms with Crippen molar-refractivity contribution in [3.05, 3.63) is 18.0 Å². The highest BCUT2D eigenvalue weighted by molar-refractivity contribution is 14.0. The van der Waals surface area contributed by atoms with E-state index in [0.29, 0.717) is 30.6 Å². The lowest BCUT2D eigenvalue weighted by Gasteiger charge is -2.60. The van der Waals surface area contributed by atoms with E-state index in [1.165, 1.54) is 6.42 Å². The fourth-order valence-electron chi connectivity index (χ4n) is 4.21. The van der Waals surface area contributed by atoms with Crippen molar-refractivity contribution in [2.24, 2.45) is 23.4 Å². The van der Waals surface area contributed by atoms with E-state index in [0.717, 1.165) is 18.6 Å². The third-order valence-corrected chi connectivity index (χ3v) is 5.77. The highest BCUT2D eigenvalue weighted by Crippen LogP contribution is 2.51. The van der Waals surface area contributed by atoms with Crippen LogP contribution in [0.15, 0.2) is 17.4 Å². The van der Waals surface area contributed by atoms with E-state index in [1.54, 1.807) is 24.9 Å². The molecular formula is C18H32IN5O2. The van der Waals surface area contributed by atoms with Crippen molar-refractivity contribution < 1.29 is 9.84 Å². The van der Waals surface area contributed by atoms with Crippen molar-refractivity contribution in [1.82, 2.24) is 20.4 Å². The van der Waals surface area contributed by atoms with E-state index in [1.807, 2.05) is 13.2 Å². The summed E-state index contributed by atoms with van der Waals surface area (Å²) < 4.78 is 7.65. The zero-order chi connectivity index (χ0) is 18.2. The highest BCUT2D eigenvalue weighted by Gasteiger charge is 2.58. The molecule has 3 rings (SSSR count). The van der Waals surface area contributed by atoms with Crippen LogP contribution < -0.4 is 10.6 Å². The van der Waals surface area contributed by atoms with Crippen LogP contribution in [-0.4, -0.2) is 53.2 Å². The molecule has 0 amide bonds. The second-order valence-corrected chi connectivity index (χ2v) is 8.14. The Morgan fingerprint density at radius 3 is 2.88 bits per heavy atom. The summed E-state index contributed by atoms with van der Waals surface area (Å²) in [7, 11) is 3.60. The number of fused-ring (bicyclic) bond motifs is 1. The Hall–Kier alpha value is -0.870. The van der Waals surface area contributed by atoms with Crippen molar-refractivity contribution in [3.8, 4) is 0 Å². The number of aliphatic hydroxyl groups is 1. The SMILES string of the molecule is CN=C(NCC(C)(O)c1cnn(C)c1)NC1C2CCCOC2C1(C)C.I. The molecule has 2 fully saturated rings. The first-order valence-corrected chi connectivity index (χ1v) is 9.06. The molecule has 1 aliphatic carbocycles. The smallest absolute Gasteiger partial charge is 0.191 e. The minimum atomic E-state index is -1.02. The molecule has 4 atom stereocenters. The van der Waals surface area contributed by atoms with Gasteiger partial charge in [-0.05, 0) is 19.8 Å². The summed E-state index contributed by atoms with van der Waals surface area (Å²) in [5.41, 5.74) is -0.158. The highest BCUT2D eigenvalue weighted by atomic mass is 127. The van der Waals surface area contributed by atoms with Gasteiger partial charge in [-0.3, -0.25) is 9.67 Å². The largest absolute Gasteiger partial charge is 0.383 e. The van der Waals surface area contributed by atoms with Gasteiger partial charge in [-0.15, -0.1) is 24.0 Å².